The highest BCUT2D eigenvalue weighted by Crippen LogP contribution is 2.59. The molecule has 4 atom stereocenters. The summed E-state index contributed by atoms with van der Waals surface area (Å²) in [5.74, 6) is 0.604. The number of carbonyl (C=O) groups excluding carboxylic acids is 9. The van der Waals surface area contributed by atoms with Crippen molar-refractivity contribution in [3.63, 3.8) is 0 Å². The highest BCUT2D eigenvalue weighted by molar-refractivity contribution is 7.52. The third-order valence-electron chi connectivity index (χ3n) is 14.2. The number of likely N-dealkylation sites (tertiary alicyclic amines) is 1. The molecule has 3 fully saturated rings. The van der Waals surface area contributed by atoms with Gasteiger partial charge >= 0.3 is 13.3 Å². The first kappa shape index (κ1) is 56.0. The summed E-state index contributed by atoms with van der Waals surface area (Å²) in [7, 11) is -5.87. The van der Waals surface area contributed by atoms with Crippen molar-refractivity contribution in [1.29, 1.82) is 0 Å². The van der Waals surface area contributed by atoms with Gasteiger partial charge in [0.15, 0.2) is 0 Å². The number of piperazine rings is 1. The van der Waals surface area contributed by atoms with Crippen LogP contribution in [0.5, 0.6) is 0 Å². The van der Waals surface area contributed by atoms with E-state index in [2.05, 4.69) is 27.8 Å². The molecule has 406 valence electrons. The van der Waals surface area contributed by atoms with Gasteiger partial charge in [0.1, 0.15) is 24.5 Å². The van der Waals surface area contributed by atoms with Crippen LogP contribution in [0.25, 0.3) is 10.1 Å². The average Bonchev–Trinajstić information content (AvgIpc) is 3.95. The lowest BCUT2D eigenvalue weighted by molar-refractivity contribution is -0.155. The molecule has 3 saturated heterocycles. The molecular weight excluding hydrogens is 1040 g/mol. The summed E-state index contributed by atoms with van der Waals surface area (Å²) in [5.41, 5.74) is -4.79. The second-order valence-corrected chi connectivity index (χ2v) is 23.3. The van der Waals surface area contributed by atoms with Crippen LogP contribution in [0.15, 0.2) is 72.8 Å². The summed E-state index contributed by atoms with van der Waals surface area (Å²) in [6, 6.07) is 15.1. The number of fused-ring (bicyclic) bond motifs is 2. The number of amides is 9. The minimum atomic E-state index is -5.87. The maximum atomic E-state index is 14.9. The van der Waals surface area contributed by atoms with Gasteiger partial charge in [-0.1, -0.05) is 75.1 Å². The van der Waals surface area contributed by atoms with Gasteiger partial charge < -0.3 is 35.1 Å². The molecule has 9 amide bonds. The highest BCUT2D eigenvalue weighted by atomic mass is 32.1. The monoisotopic (exact) mass is 1100 g/mol. The number of nitrogens with one attached hydrogen (secondary N) is 3. The first-order valence-electron chi connectivity index (χ1n) is 25.2. The summed E-state index contributed by atoms with van der Waals surface area (Å²) in [5, 5.41) is 7.84. The standard InChI is InChI=1S/C54H58F2N7O12PS/c1-53(2,3)46(59-48(68)41-28-35-27-36(19-21-40(35)77-41)54(55,56)76(73,74)75)52(72)62-26-25-60(31-39(62)50(70)61-24-12-17-34(30-61)32-13-8-6-9-14-32)44(66)29-43(65)57-23-10-5-4-7-15-33-16-11-18-37-45(33)51(71)63(49(37)69)38-20-22-42(64)58-47(38)67/h6,8-9,11,13-14,16,18-19,21,27-28,34,38-39,46H,4-5,10,12,17,20,22-26,29-31H2,1-3H3,(H,57,65)(H,59,68)(H,58,64,67)(H2,73,74,75)/t34-,38?,39-,46?/m0/s1. The third kappa shape index (κ3) is 12.2. The second-order valence-electron chi connectivity index (χ2n) is 20.6. The van der Waals surface area contributed by atoms with Crippen molar-refractivity contribution in [2.75, 3.05) is 39.3 Å². The molecule has 1 aromatic heterocycles. The number of carbonyl (C=O) groups is 9. The number of unbranched alkanes of at least 4 members (excludes halogenated alkanes) is 2. The van der Waals surface area contributed by atoms with E-state index in [1.54, 1.807) is 37.8 Å². The smallest absolute Gasteiger partial charge is 0.356 e. The van der Waals surface area contributed by atoms with Gasteiger partial charge in [-0.25, -0.2) is 0 Å². The van der Waals surface area contributed by atoms with Gasteiger partial charge in [-0.3, -0.25) is 57.9 Å². The fraction of sp³-hybridized carbons (Fsp3) is 0.426. The molecular formula is C54H58F2N7O12PS. The van der Waals surface area contributed by atoms with Crippen LogP contribution in [0.2, 0.25) is 0 Å². The van der Waals surface area contributed by atoms with Gasteiger partial charge in [0.05, 0.1) is 22.5 Å². The van der Waals surface area contributed by atoms with E-state index in [9.17, 15) is 66.3 Å². The quantitative estimate of drug-likeness (QED) is 0.0374. The molecule has 0 bridgehead atoms. The molecule has 4 aliphatic rings. The van der Waals surface area contributed by atoms with E-state index < -0.39 is 102 Å². The minimum Gasteiger partial charge on any atom is -0.356 e. The van der Waals surface area contributed by atoms with Crippen LogP contribution in [-0.4, -0.2) is 140 Å². The fourth-order valence-electron chi connectivity index (χ4n) is 10.1. The van der Waals surface area contributed by atoms with Crippen LogP contribution in [0, 0.1) is 17.3 Å². The summed E-state index contributed by atoms with van der Waals surface area (Å²) in [6.07, 6.45) is 2.35. The number of thiophene rings is 1. The van der Waals surface area contributed by atoms with E-state index >= 15 is 0 Å². The topological polar surface area (TPSA) is 260 Å². The van der Waals surface area contributed by atoms with Crippen LogP contribution < -0.4 is 16.0 Å². The van der Waals surface area contributed by atoms with Crippen molar-refractivity contribution in [3.05, 3.63) is 105 Å². The number of halogens is 2. The van der Waals surface area contributed by atoms with Crippen LogP contribution in [0.4, 0.5) is 8.78 Å². The summed E-state index contributed by atoms with van der Waals surface area (Å²) < 4.78 is 41.1. The Hall–Kier alpha value is -7.18. The number of benzene rings is 3. The maximum absolute atomic E-state index is 14.9. The molecule has 4 aliphatic heterocycles. The van der Waals surface area contributed by atoms with Gasteiger partial charge in [-0.15, -0.1) is 11.3 Å². The van der Waals surface area contributed by atoms with Crippen LogP contribution in [-0.2, 0) is 39.0 Å². The first-order valence-corrected chi connectivity index (χ1v) is 27.7. The van der Waals surface area contributed by atoms with E-state index in [1.807, 2.05) is 30.3 Å². The lowest BCUT2D eigenvalue weighted by atomic mass is 9.85. The number of rotatable bonds is 14. The number of nitrogens with zero attached hydrogens (tertiary/aromatic N) is 4. The summed E-state index contributed by atoms with van der Waals surface area (Å²) in [6.45, 7) is 5.75. The SMILES string of the molecule is CC(C)(C)C(NC(=O)c1cc2cc(C(F)(F)P(=O)(O)O)ccc2s1)C(=O)N1CCN(C(=O)CC(=O)NCCCCC#Cc2cccc3c2C(=O)N(C2CCC(=O)NC2=O)C3=O)C[C@H]1C(=O)N1CCC[C@H](c2ccccc2)C1. The van der Waals surface area contributed by atoms with E-state index in [0.717, 1.165) is 40.4 Å². The van der Waals surface area contributed by atoms with Crippen LogP contribution in [0.3, 0.4) is 0 Å². The predicted octanol–water partition coefficient (Wildman–Crippen LogP) is 4.85. The van der Waals surface area contributed by atoms with Crippen molar-refractivity contribution in [3.8, 4) is 11.8 Å². The largest absolute Gasteiger partial charge is 0.399 e. The molecule has 2 unspecified atom stereocenters. The number of alkyl halides is 2. The number of hydrogen-bond donors (Lipinski definition) is 5. The first-order chi connectivity index (χ1) is 36.4. The molecule has 77 heavy (non-hydrogen) atoms. The van der Waals surface area contributed by atoms with E-state index in [0.29, 0.717) is 49.0 Å². The normalized spacial score (nSPS) is 19.5. The Morgan fingerprint density at radius 3 is 2.35 bits per heavy atom. The van der Waals surface area contributed by atoms with Gasteiger partial charge in [0, 0.05) is 67.3 Å². The van der Waals surface area contributed by atoms with E-state index in [1.165, 1.54) is 28.0 Å². The Morgan fingerprint density at radius 1 is 0.883 bits per heavy atom. The van der Waals surface area contributed by atoms with Gasteiger partial charge in [0.25, 0.3) is 17.7 Å². The molecule has 8 rings (SSSR count). The zero-order chi connectivity index (χ0) is 55.6. The Balaban J connectivity index is 0.900. The van der Waals surface area contributed by atoms with Crippen molar-refractivity contribution >= 4 is 82.2 Å². The third-order valence-corrected chi connectivity index (χ3v) is 16.3. The van der Waals surface area contributed by atoms with Crippen molar-refractivity contribution in [2.45, 2.75) is 102 Å². The predicted molar refractivity (Wildman–Crippen MR) is 277 cm³/mol. The lowest BCUT2D eigenvalue weighted by Crippen LogP contribution is -2.66. The fourth-order valence-corrected chi connectivity index (χ4v) is 11.5. The van der Waals surface area contributed by atoms with E-state index in [4.69, 9.17) is 0 Å². The Labute approximate surface area is 446 Å². The second kappa shape index (κ2) is 22.8. The number of piperidine rings is 2. The van der Waals surface area contributed by atoms with Crippen LogP contribution in [0.1, 0.15) is 125 Å². The molecule has 4 aromatic rings. The van der Waals surface area contributed by atoms with Crippen molar-refractivity contribution < 1.29 is 66.3 Å². The van der Waals surface area contributed by atoms with E-state index in [-0.39, 0.29) is 66.3 Å². The molecule has 0 aliphatic carbocycles. The molecule has 0 radical (unpaired) electrons. The van der Waals surface area contributed by atoms with Crippen LogP contribution >= 0.6 is 18.9 Å². The summed E-state index contributed by atoms with van der Waals surface area (Å²) in [4.78, 5) is 145. The minimum absolute atomic E-state index is 0.00711. The van der Waals surface area contributed by atoms with Crippen molar-refractivity contribution in [2.24, 2.45) is 5.41 Å². The zero-order valence-electron chi connectivity index (χ0n) is 42.5. The lowest BCUT2D eigenvalue weighted by Gasteiger charge is -2.45. The van der Waals surface area contributed by atoms with Crippen molar-refractivity contribution in [1.82, 2.24) is 35.6 Å². The molecule has 0 saturated carbocycles. The Bertz CT molecular complexity index is 3160. The molecule has 5 N–H and O–H groups in total. The number of hydrogen-bond acceptors (Lipinski definition) is 11. The Morgan fingerprint density at radius 2 is 1.64 bits per heavy atom. The van der Waals surface area contributed by atoms with Gasteiger partial charge in [-0.05, 0) is 78.8 Å². The zero-order valence-corrected chi connectivity index (χ0v) is 44.2. The van der Waals surface area contributed by atoms with Gasteiger partial charge in [0.2, 0.25) is 35.4 Å². The highest BCUT2D eigenvalue weighted by Gasteiger charge is 2.51. The maximum Gasteiger partial charge on any atom is 0.399 e. The Kier molecular flexibility index (Phi) is 16.6. The molecule has 23 heteroatoms. The molecule has 19 nitrogen and oxygen atoms in total. The molecule has 5 heterocycles. The molecule has 3 aromatic carbocycles. The average molecular weight is 1100 g/mol. The number of imide groups is 2. The molecule has 0 spiro atoms. The van der Waals surface area contributed by atoms with Gasteiger partial charge in [-0.2, -0.15) is 8.78 Å². The summed E-state index contributed by atoms with van der Waals surface area (Å²) >= 11 is 0.925.